The van der Waals surface area contributed by atoms with Gasteiger partial charge in [0.05, 0.1) is 16.3 Å². The monoisotopic (exact) mass is 238 g/mol. The maximum atomic E-state index is 13.0. The lowest BCUT2D eigenvalue weighted by Crippen LogP contribution is -2.34. The first-order chi connectivity index (χ1) is 7.72. The topological polar surface area (TPSA) is 27.0 Å². The molecule has 0 aromatic heterocycles. The Balaban J connectivity index is 2.27. The van der Waals surface area contributed by atoms with Gasteiger partial charge in [-0.25, -0.2) is 4.39 Å². The molecule has 0 N–H and O–H groups in total. The molecule has 0 saturated carbocycles. The molecule has 0 spiro atoms. The Hall–Kier alpha value is -1.27. The standard InChI is InChI=1S/C12H12ClFN2/c13-11-2-1-3-12(10(11)8-15)16-6-4-9(14)5-7-16/h1-3,9H,4-7H2. The van der Waals surface area contributed by atoms with Gasteiger partial charge in [-0.1, -0.05) is 17.7 Å². The van der Waals surface area contributed by atoms with Crippen LogP contribution in [0.15, 0.2) is 18.2 Å². The maximum absolute atomic E-state index is 13.0. The normalized spacial score (nSPS) is 17.2. The lowest BCUT2D eigenvalue weighted by Gasteiger charge is -2.31. The van der Waals surface area contributed by atoms with Gasteiger partial charge in [0.2, 0.25) is 0 Å². The van der Waals surface area contributed by atoms with Crippen LogP contribution in [0.5, 0.6) is 0 Å². The third kappa shape index (κ3) is 2.12. The summed E-state index contributed by atoms with van der Waals surface area (Å²) in [6.45, 7) is 1.30. The number of rotatable bonds is 1. The molecule has 16 heavy (non-hydrogen) atoms. The van der Waals surface area contributed by atoms with Gasteiger partial charge in [0.1, 0.15) is 12.2 Å². The van der Waals surface area contributed by atoms with E-state index < -0.39 is 6.17 Å². The first-order valence-electron chi connectivity index (χ1n) is 5.30. The molecule has 84 valence electrons. The summed E-state index contributed by atoms with van der Waals surface area (Å²) in [5, 5.41) is 9.51. The van der Waals surface area contributed by atoms with E-state index in [1.165, 1.54) is 0 Å². The van der Waals surface area contributed by atoms with Gasteiger partial charge < -0.3 is 4.90 Å². The summed E-state index contributed by atoms with van der Waals surface area (Å²) >= 11 is 5.95. The predicted molar refractivity (Wildman–Crippen MR) is 62.5 cm³/mol. The van der Waals surface area contributed by atoms with E-state index in [9.17, 15) is 4.39 Å². The van der Waals surface area contributed by atoms with Crippen LogP contribution in [0, 0.1) is 11.3 Å². The Morgan fingerprint density at radius 2 is 2.06 bits per heavy atom. The molecule has 1 heterocycles. The van der Waals surface area contributed by atoms with Crippen LogP contribution in [0.4, 0.5) is 10.1 Å². The van der Waals surface area contributed by atoms with E-state index in [0.717, 1.165) is 5.69 Å². The summed E-state index contributed by atoms with van der Waals surface area (Å²) < 4.78 is 13.0. The van der Waals surface area contributed by atoms with Gasteiger partial charge in [-0.3, -0.25) is 0 Å². The van der Waals surface area contributed by atoms with E-state index in [1.54, 1.807) is 6.07 Å². The van der Waals surface area contributed by atoms with Crippen LogP contribution in [0.2, 0.25) is 5.02 Å². The summed E-state index contributed by atoms with van der Waals surface area (Å²) in [6.07, 6.45) is 0.343. The minimum atomic E-state index is -0.707. The highest BCUT2D eigenvalue weighted by atomic mass is 35.5. The first-order valence-corrected chi connectivity index (χ1v) is 5.68. The molecule has 1 aliphatic heterocycles. The number of anilines is 1. The van der Waals surface area contributed by atoms with Crippen molar-refractivity contribution in [3.05, 3.63) is 28.8 Å². The molecule has 0 bridgehead atoms. The van der Waals surface area contributed by atoms with Crippen LogP contribution >= 0.6 is 11.6 Å². The third-order valence-corrected chi connectivity index (χ3v) is 3.18. The molecule has 1 fully saturated rings. The second-order valence-electron chi connectivity index (χ2n) is 3.91. The van der Waals surface area contributed by atoms with Crippen molar-refractivity contribution in [2.24, 2.45) is 0 Å². The van der Waals surface area contributed by atoms with Crippen molar-refractivity contribution in [1.82, 2.24) is 0 Å². The maximum Gasteiger partial charge on any atom is 0.103 e. The van der Waals surface area contributed by atoms with E-state index in [0.29, 0.717) is 36.5 Å². The zero-order valence-corrected chi connectivity index (χ0v) is 9.54. The minimum Gasteiger partial charge on any atom is -0.370 e. The highest BCUT2D eigenvalue weighted by molar-refractivity contribution is 6.32. The van der Waals surface area contributed by atoms with Crippen molar-refractivity contribution in [3.8, 4) is 6.07 Å². The molecule has 2 rings (SSSR count). The highest BCUT2D eigenvalue weighted by Crippen LogP contribution is 2.29. The molecule has 1 aliphatic rings. The molecule has 0 unspecified atom stereocenters. The van der Waals surface area contributed by atoms with Gasteiger partial charge in [-0.2, -0.15) is 5.26 Å². The highest BCUT2D eigenvalue weighted by Gasteiger charge is 2.21. The van der Waals surface area contributed by atoms with Gasteiger partial charge in [0, 0.05) is 13.1 Å². The van der Waals surface area contributed by atoms with Crippen molar-refractivity contribution in [2.45, 2.75) is 19.0 Å². The number of piperidine rings is 1. The second-order valence-corrected chi connectivity index (χ2v) is 4.31. The second kappa shape index (κ2) is 4.71. The Morgan fingerprint density at radius 1 is 1.38 bits per heavy atom. The molecule has 0 atom stereocenters. The van der Waals surface area contributed by atoms with Gasteiger partial charge in [0.15, 0.2) is 0 Å². The van der Waals surface area contributed by atoms with Crippen LogP contribution in [0.1, 0.15) is 18.4 Å². The SMILES string of the molecule is N#Cc1c(Cl)cccc1N1CCC(F)CC1. The molecule has 4 heteroatoms. The minimum absolute atomic E-state index is 0.461. The summed E-state index contributed by atoms with van der Waals surface area (Å²) in [7, 11) is 0. The van der Waals surface area contributed by atoms with Crippen LogP contribution in [0.3, 0.4) is 0 Å². The number of benzene rings is 1. The molecule has 1 aromatic carbocycles. The van der Waals surface area contributed by atoms with Gasteiger partial charge in [-0.15, -0.1) is 0 Å². The Bertz CT molecular complexity index is 420. The average Bonchev–Trinajstić information content (AvgIpc) is 2.30. The number of nitrogens with zero attached hydrogens (tertiary/aromatic N) is 2. The smallest absolute Gasteiger partial charge is 0.103 e. The molecular formula is C12H12ClFN2. The van der Waals surface area contributed by atoms with Gasteiger partial charge in [-0.05, 0) is 25.0 Å². The van der Waals surface area contributed by atoms with Crippen LogP contribution in [0.25, 0.3) is 0 Å². The lowest BCUT2D eigenvalue weighted by atomic mass is 10.1. The lowest BCUT2D eigenvalue weighted by molar-refractivity contribution is 0.277. The quantitative estimate of drug-likeness (QED) is 0.752. The van der Waals surface area contributed by atoms with Gasteiger partial charge in [0.25, 0.3) is 0 Å². The Kier molecular flexibility index (Phi) is 3.31. The van der Waals surface area contributed by atoms with Crippen molar-refractivity contribution >= 4 is 17.3 Å². The number of hydrogen-bond acceptors (Lipinski definition) is 2. The number of alkyl halides is 1. The average molecular weight is 239 g/mol. The van der Waals surface area contributed by atoms with Crippen molar-refractivity contribution in [3.63, 3.8) is 0 Å². The van der Waals surface area contributed by atoms with E-state index in [-0.39, 0.29) is 0 Å². The number of halogens is 2. The van der Waals surface area contributed by atoms with Crippen LogP contribution in [-0.2, 0) is 0 Å². The third-order valence-electron chi connectivity index (χ3n) is 2.87. The largest absolute Gasteiger partial charge is 0.370 e. The molecule has 0 amide bonds. The fourth-order valence-electron chi connectivity index (χ4n) is 1.98. The predicted octanol–water partition coefficient (Wildman–Crippen LogP) is 3.15. The molecular weight excluding hydrogens is 227 g/mol. The van der Waals surface area contributed by atoms with E-state index in [2.05, 4.69) is 6.07 Å². The summed E-state index contributed by atoms with van der Waals surface area (Å²) in [4.78, 5) is 2.03. The molecule has 2 nitrogen and oxygen atoms in total. The zero-order valence-electron chi connectivity index (χ0n) is 8.79. The number of hydrogen-bond donors (Lipinski definition) is 0. The molecule has 0 aliphatic carbocycles. The van der Waals surface area contributed by atoms with Crippen molar-refractivity contribution < 1.29 is 4.39 Å². The Morgan fingerprint density at radius 3 is 2.69 bits per heavy atom. The van der Waals surface area contributed by atoms with Crippen molar-refractivity contribution in [1.29, 1.82) is 5.26 Å². The molecule has 1 saturated heterocycles. The van der Waals surface area contributed by atoms with E-state index in [4.69, 9.17) is 16.9 Å². The molecule has 0 radical (unpaired) electrons. The van der Waals surface area contributed by atoms with Gasteiger partial charge >= 0.3 is 0 Å². The van der Waals surface area contributed by atoms with Crippen LogP contribution < -0.4 is 4.90 Å². The van der Waals surface area contributed by atoms with Crippen LogP contribution in [-0.4, -0.2) is 19.3 Å². The fraction of sp³-hybridized carbons (Fsp3) is 0.417. The van der Waals surface area contributed by atoms with E-state index >= 15 is 0 Å². The Labute approximate surface area is 99.2 Å². The number of nitriles is 1. The van der Waals surface area contributed by atoms with Crippen molar-refractivity contribution in [2.75, 3.05) is 18.0 Å². The molecule has 1 aromatic rings. The summed E-state index contributed by atoms with van der Waals surface area (Å²) in [5.74, 6) is 0. The fourth-order valence-corrected chi connectivity index (χ4v) is 2.19. The summed E-state index contributed by atoms with van der Waals surface area (Å²) in [5.41, 5.74) is 1.31. The zero-order chi connectivity index (χ0) is 11.5. The van der Waals surface area contributed by atoms with E-state index in [1.807, 2.05) is 17.0 Å². The first kappa shape index (κ1) is 11.2. The summed E-state index contributed by atoms with van der Waals surface area (Å²) in [6, 6.07) is 7.49.